The van der Waals surface area contributed by atoms with Gasteiger partial charge >= 0.3 is 0 Å². The first-order valence-corrected chi connectivity index (χ1v) is 6.85. The molecule has 104 valence electrons. The summed E-state index contributed by atoms with van der Waals surface area (Å²) in [6.45, 7) is 2.40. The monoisotopic (exact) mass is 268 g/mol. The van der Waals surface area contributed by atoms with Crippen LogP contribution in [0.3, 0.4) is 0 Å². The Balaban J connectivity index is 1.85. The predicted molar refractivity (Wildman–Crippen MR) is 84.1 cm³/mol. The summed E-state index contributed by atoms with van der Waals surface area (Å²) in [5.74, 6) is -0.00423. The van der Waals surface area contributed by atoms with Gasteiger partial charge in [0, 0.05) is 23.5 Å². The molecule has 0 aromatic heterocycles. The lowest BCUT2D eigenvalue weighted by molar-refractivity contribution is 0.101. The first-order valence-electron chi connectivity index (χ1n) is 6.85. The lowest BCUT2D eigenvalue weighted by Gasteiger charge is -2.09. The van der Waals surface area contributed by atoms with Gasteiger partial charge in [0.15, 0.2) is 5.78 Å². The summed E-state index contributed by atoms with van der Waals surface area (Å²) in [5.41, 5.74) is 9.17. The molecule has 0 heterocycles. The second-order valence-electron chi connectivity index (χ2n) is 4.87. The van der Waals surface area contributed by atoms with Gasteiger partial charge in [0.2, 0.25) is 0 Å². The normalized spacial score (nSPS) is 10.2. The van der Waals surface area contributed by atoms with Crippen LogP contribution in [-0.4, -0.2) is 12.3 Å². The van der Waals surface area contributed by atoms with Crippen LogP contribution in [0.5, 0.6) is 0 Å². The van der Waals surface area contributed by atoms with E-state index in [-0.39, 0.29) is 5.78 Å². The average molecular weight is 268 g/mol. The molecule has 0 saturated carbocycles. The number of rotatable bonds is 6. The van der Waals surface area contributed by atoms with Gasteiger partial charge in [-0.3, -0.25) is 4.79 Å². The van der Waals surface area contributed by atoms with E-state index < -0.39 is 0 Å². The van der Waals surface area contributed by atoms with Crippen LogP contribution in [0.4, 0.5) is 11.4 Å². The molecule has 0 amide bonds. The van der Waals surface area contributed by atoms with E-state index in [1.165, 1.54) is 12.5 Å². The van der Waals surface area contributed by atoms with Crippen LogP contribution in [0.15, 0.2) is 48.5 Å². The van der Waals surface area contributed by atoms with Crippen LogP contribution in [0.25, 0.3) is 0 Å². The van der Waals surface area contributed by atoms with E-state index in [0.29, 0.717) is 11.3 Å². The van der Waals surface area contributed by atoms with Crippen molar-refractivity contribution in [3.8, 4) is 0 Å². The van der Waals surface area contributed by atoms with Crippen LogP contribution in [0.1, 0.15) is 29.3 Å². The fourth-order valence-electron chi connectivity index (χ4n) is 2.14. The van der Waals surface area contributed by atoms with Crippen LogP contribution >= 0.6 is 0 Å². The number of carbonyl (C=O) groups is 1. The Bertz CT molecular complexity index is 579. The highest BCUT2D eigenvalue weighted by molar-refractivity contribution is 5.99. The first kappa shape index (κ1) is 14.1. The third kappa shape index (κ3) is 3.85. The number of nitrogens with two attached hydrogens (primary N) is 1. The highest BCUT2D eigenvalue weighted by atomic mass is 16.1. The van der Waals surface area contributed by atoms with Crippen LogP contribution in [-0.2, 0) is 6.42 Å². The third-order valence-electron chi connectivity index (χ3n) is 3.25. The zero-order chi connectivity index (χ0) is 14.4. The van der Waals surface area contributed by atoms with Crippen molar-refractivity contribution < 1.29 is 4.79 Å². The number of nitrogens with one attached hydrogen (secondary N) is 1. The Morgan fingerprint density at radius 3 is 2.60 bits per heavy atom. The van der Waals surface area contributed by atoms with Gasteiger partial charge < -0.3 is 11.1 Å². The minimum absolute atomic E-state index is 0.00423. The standard InChI is InChI=1S/C17H20N2O/c1-13(20)16-12-15(9-10-17(16)18)19-11-5-8-14-6-3-2-4-7-14/h2-4,6-7,9-10,12,19H,5,8,11,18H2,1H3. The van der Waals surface area contributed by atoms with Crippen molar-refractivity contribution in [2.45, 2.75) is 19.8 Å². The number of benzene rings is 2. The molecule has 2 aromatic carbocycles. The maximum absolute atomic E-state index is 11.4. The van der Waals surface area contributed by atoms with Crippen molar-refractivity contribution in [3.63, 3.8) is 0 Å². The predicted octanol–water partition coefficient (Wildman–Crippen LogP) is 3.52. The summed E-state index contributed by atoms with van der Waals surface area (Å²) < 4.78 is 0. The summed E-state index contributed by atoms with van der Waals surface area (Å²) in [7, 11) is 0. The minimum Gasteiger partial charge on any atom is -0.398 e. The molecule has 3 heteroatoms. The zero-order valence-corrected chi connectivity index (χ0v) is 11.7. The molecule has 0 aliphatic heterocycles. The molecule has 3 N–H and O–H groups in total. The second kappa shape index (κ2) is 6.75. The van der Waals surface area contributed by atoms with Gasteiger partial charge in [-0.1, -0.05) is 30.3 Å². The van der Waals surface area contributed by atoms with Gasteiger partial charge in [-0.05, 0) is 43.5 Å². The molecule has 0 bridgehead atoms. The minimum atomic E-state index is -0.00423. The van der Waals surface area contributed by atoms with Crippen molar-refractivity contribution >= 4 is 17.2 Å². The molecular formula is C17H20N2O. The van der Waals surface area contributed by atoms with Gasteiger partial charge in [0.1, 0.15) is 0 Å². The zero-order valence-electron chi connectivity index (χ0n) is 11.7. The molecule has 2 rings (SSSR count). The van der Waals surface area contributed by atoms with E-state index in [1.54, 1.807) is 6.07 Å². The molecule has 20 heavy (non-hydrogen) atoms. The molecule has 3 nitrogen and oxygen atoms in total. The van der Waals surface area contributed by atoms with E-state index in [2.05, 4.69) is 29.6 Å². The quantitative estimate of drug-likeness (QED) is 0.479. The second-order valence-corrected chi connectivity index (χ2v) is 4.87. The molecule has 0 unspecified atom stereocenters. The fourth-order valence-corrected chi connectivity index (χ4v) is 2.14. The van der Waals surface area contributed by atoms with Gasteiger partial charge in [-0.2, -0.15) is 0 Å². The number of carbonyl (C=O) groups excluding carboxylic acids is 1. The van der Waals surface area contributed by atoms with Crippen molar-refractivity contribution in [1.29, 1.82) is 0 Å². The highest BCUT2D eigenvalue weighted by Gasteiger charge is 2.05. The van der Waals surface area contributed by atoms with Crippen LogP contribution in [0, 0.1) is 0 Å². The summed E-state index contributed by atoms with van der Waals surface area (Å²) in [4.78, 5) is 11.4. The Kier molecular flexibility index (Phi) is 4.77. The SMILES string of the molecule is CC(=O)c1cc(NCCCc2ccccc2)ccc1N. The highest BCUT2D eigenvalue weighted by Crippen LogP contribution is 2.18. The number of Topliss-reactive ketones (excluding diaryl/α,β-unsaturated/α-hetero) is 1. The molecule has 0 aliphatic rings. The maximum Gasteiger partial charge on any atom is 0.161 e. The topological polar surface area (TPSA) is 55.1 Å². The van der Waals surface area contributed by atoms with Gasteiger partial charge in [-0.15, -0.1) is 0 Å². The maximum atomic E-state index is 11.4. The molecule has 0 spiro atoms. The van der Waals surface area contributed by atoms with E-state index in [1.807, 2.05) is 18.2 Å². The van der Waals surface area contributed by atoms with Crippen LogP contribution < -0.4 is 11.1 Å². The molecule has 0 aliphatic carbocycles. The summed E-state index contributed by atoms with van der Waals surface area (Å²) >= 11 is 0. The molecule has 0 fully saturated rings. The Labute approximate surface area is 119 Å². The lowest BCUT2D eigenvalue weighted by atomic mass is 10.1. The summed E-state index contributed by atoms with van der Waals surface area (Å²) in [6.07, 6.45) is 2.09. The van der Waals surface area contributed by atoms with Crippen molar-refractivity contribution in [3.05, 3.63) is 59.7 Å². The van der Waals surface area contributed by atoms with Gasteiger partial charge in [-0.25, -0.2) is 0 Å². The van der Waals surface area contributed by atoms with E-state index in [9.17, 15) is 4.79 Å². The molecule has 0 radical (unpaired) electrons. The number of hydrogen-bond acceptors (Lipinski definition) is 3. The first-order chi connectivity index (χ1) is 9.66. The largest absolute Gasteiger partial charge is 0.398 e. The summed E-state index contributed by atoms with van der Waals surface area (Å²) in [5, 5.41) is 3.33. The summed E-state index contributed by atoms with van der Waals surface area (Å²) in [6, 6.07) is 15.9. The number of hydrogen-bond donors (Lipinski definition) is 2. The van der Waals surface area contributed by atoms with Crippen molar-refractivity contribution in [1.82, 2.24) is 0 Å². The van der Waals surface area contributed by atoms with E-state index >= 15 is 0 Å². The number of ketones is 1. The number of nitrogen functional groups attached to an aromatic ring is 1. The Hall–Kier alpha value is -2.29. The molecule has 2 aromatic rings. The average Bonchev–Trinajstić information content (AvgIpc) is 2.46. The van der Waals surface area contributed by atoms with Crippen molar-refractivity contribution in [2.75, 3.05) is 17.6 Å². The van der Waals surface area contributed by atoms with Crippen LogP contribution in [0.2, 0.25) is 0 Å². The fraction of sp³-hybridized carbons (Fsp3) is 0.235. The van der Waals surface area contributed by atoms with Gasteiger partial charge in [0.05, 0.1) is 0 Å². The molecule has 0 atom stereocenters. The Morgan fingerprint density at radius 1 is 1.15 bits per heavy atom. The number of aryl methyl sites for hydroxylation is 1. The smallest absolute Gasteiger partial charge is 0.161 e. The van der Waals surface area contributed by atoms with Gasteiger partial charge in [0.25, 0.3) is 0 Å². The third-order valence-corrected chi connectivity index (χ3v) is 3.25. The van der Waals surface area contributed by atoms with Crippen molar-refractivity contribution in [2.24, 2.45) is 0 Å². The number of anilines is 2. The van der Waals surface area contributed by atoms with E-state index in [4.69, 9.17) is 5.73 Å². The Morgan fingerprint density at radius 2 is 1.90 bits per heavy atom. The molecule has 0 saturated heterocycles. The lowest BCUT2D eigenvalue weighted by Crippen LogP contribution is -2.05. The van der Waals surface area contributed by atoms with E-state index in [0.717, 1.165) is 25.1 Å². The molecular weight excluding hydrogens is 248 g/mol.